The predicted octanol–water partition coefficient (Wildman–Crippen LogP) is 1.70. The van der Waals surface area contributed by atoms with Crippen LogP contribution >= 0.6 is 0 Å². The van der Waals surface area contributed by atoms with Crippen molar-refractivity contribution < 1.29 is 19.2 Å². The van der Waals surface area contributed by atoms with E-state index in [1.54, 1.807) is 6.92 Å². The Morgan fingerprint density at radius 1 is 1.50 bits per heavy atom. The Bertz CT molecular complexity index is 603. The number of nitro groups is 1. The van der Waals surface area contributed by atoms with Crippen molar-refractivity contribution in [1.82, 2.24) is 0 Å². The maximum atomic E-state index is 11.8. The average molecular weight is 276 g/mol. The first-order valence-electron chi connectivity index (χ1n) is 5.81. The van der Waals surface area contributed by atoms with Gasteiger partial charge in [-0.15, -0.1) is 0 Å². The molecule has 0 fully saturated rings. The zero-order valence-electron chi connectivity index (χ0n) is 11.0. The number of esters is 1. The smallest absolute Gasteiger partial charge is 0.375 e. The van der Waals surface area contributed by atoms with Crippen LogP contribution < -0.4 is 0 Å². The van der Waals surface area contributed by atoms with Gasteiger partial charge in [0, 0.05) is 11.6 Å². The monoisotopic (exact) mass is 276 g/mol. The maximum Gasteiger partial charge on any atom is 0.375 e. The van der Waals surface area contributed by atoms with E-state index in [2.05, 4.69) is 4.74 Å². The van der Waals surface area contributed by atoms with Crippen molar-refractivity contribution in [3.8, 4) is 6.07 Å². The predicted molar refractivity (Wildman–Crippen MR) is 67.9 cm³/mol. The van der Waals surface area contributed by atoms with Crippen LogP contribution in [0.5, 0.6) is 0 Å². The van der Waals surface area contributed by atoms with E-state index >= 15 is 0 Å². The van der Waals surface area contributed by atoms with Gasteiger partial charge in [0.05, 0.1) is 29.1 Å². The molecule has 7 heteroatoms. The first-order chi connectivity index (χ1) is 9.42. The van der Waals surface area contributed by atoms with Gasteiger partial charge >= 0.3 is 5.97 Å². The Kier molecular flexibility index (Phi) is 4.92. The number of benzene rings is 1. The minimum atomic E-state index is -1.05. The molecule has 0 saturated carbocycles. The molecule has 1 rings (SSSR count). The summed E-state index contributed by atoms with van der Waals surface area (Å²) in [4.78, 5) is 33.5. The number of hydrogen-bond donors (Lipinski definition) is 0. The van der Waals surface area contributed by atoms with Crippen LogP contribution in [0.4, 0.5) is 5.69 Å². The van der Waals surface area contributed by atoms with Gasteiger partial charge in [-0.2, -0.15) is 5.26 Å². The molecule has 0 aliphatic carbocycles. The molecule has 1 unspecified atom stereocenters. The number of hydrogen-bond acceptors (Lipinski definition) is 6. The molecule has 7 nitrogen and oxygen atoms in total. The highest BCUT2D eigenvalue weighted by Crippen LogP contribution is 2.28. The number of nitro benzene ring substituents is 1. The minimum absolute atomic E-state index is 0.0205. The molecule has 0 aromatic heterocycles. The zero-order chi connectivity index (χ0) is 15.3. The van der Waals surface area contributed by atoms with Crippen LogP contribution in [0.25, 0.3) is 0 Å². The highest BCUT2D eigenvalue weighted by molar-refractivity contribution is 6.35. The third-order valence-electron chi connectivity index (χ3n) is 2.69. The molecule has 1 aromatic rings. The summed E-state index contributed by atoms with van der Waals surface area (Å²) in [6.07, 6.45) is 0. The largest absolute Gasteiger partial charge is 0.460 e. The third-order valence-corrected chi connectivity index (χ3v) is 2.69. The van der Waals surface area contributed by atoms with Crippen LogP contribution in [-0.4, -0.2) is 23.3 Å². The lowest BCUT2D eigenvalue weighted by atomic mass is 9.93. The fourth-order valence-corrected chi connectivity index (χ4v) is 1.66. The number of carbonyl (C=O) groups excluding carboxylic acids is 2. The molecule has 0 aliphatic rings. The molecule has 0 bridgehead atoms. The van der Waals surface area contributed by atoms with Crippen molar-refractivity contribution in [3.05, 3.63) is 39.4 Å². The molecule has 0 radical (unpaired) electrons. The van der Waals surface area contributed by atoms with Gasteiger partial charge in [-0.25, -0.2) is 4.79 Å². The fourth-order valence-electron chi connectivity index (χ4n) is 1.66. The summed E-state index contributed by atoms with van der Waals surface area (Å²) in [6.45, 7) is 2.95. The molecule has 0 heterocycles. The molecule has 0 N–H and O–H groups in total. The van der Waals surface area contributed by atoms with E-state index in [-0.39, 0.29) is 23.4 Å². The SMILES string of the molecule is CCOC(=O)C(=O)C(C)c1cc(C#N)ccc1[N+](=O)[O-]. The molecular weight excluding hydrogens is 264 g/mol. The molecule has 20 heavy (non-hydrogen) atoms. The van der Waals surface area contributed by atoms with Crippen LogP contribution in [0.1, 0.15) is 30.9 Å². The van der Waals surface area contributed by atoms with Crippen LogP contribution in [0.3, 0.4) is 0 Å². The second-order valence-corrected chi connectivity index (χ2v) is 3.95. The second kappa shape index (κ2) is 6.43. The van der Waals surface area contributed by atoms with Crippen LogP contribution in [0.2, 0.25) is 0 Å². The van der Waals surface area contributed by atoms with Gasteiger partial charge in [-0.1, -0.05) is 6.92 Å². The van der Waals surface area contributed by atoms with E-state index in [4.69, 9.17) is 5.26 Å². The Morgan fingerprint density at radius 3 is 2.65 bits per heavy atom. The standard InChI is InChI=1S/C13H12N2O5/c1-3-20-13(17)12(16)8(2)10-6-9(7-14)4-5-11(10)15(18)19/h4-6,8H,3H2,1-2H3. The van der Waals surface area contributed by atoms with Crippen molar-refractivity contribution >= 4 is 17.4 Å². The lowest BCUT2D eigenvalue weighted by Gasteiger charge is -2.10. The third kappa shape index (κ3) is 3.17. The Hall–Kier alpha value is -2.75. The number of ketones is 1. The van der Waals surface area contributed by atoms with E-state index in [1.165, 1.54) is 19.1 Å². The lowest BCUT2D eigenvalue weighted by molar-refractivity contribution is -0.385. The van der Waals surface area contributed by atoms with Gasteiger partial charge in [0.15, 0.2) is 0 Å². The van der Waals surface area contributed by atoms with E-state index in [0.717, 1.165) is 6.07 Å². The van der Waals surface area contributed by atoms with E-state index in [1.807, 2.05) is 6.07 Å². The highest BCUT2D eigenvalue weighted by Gasteiger charge is 2.29. The quantitative estimate of drug-likeness (QED) is 0.350. The topological polar surface area (TPSA) is 110 Å². The molecule has 1 aromatic carbocycles. The van der Waals surface area contributed by atoms with Gasteiger partial charge < -0.3 is 4.74 Å². The van der Waals surface area contributed by atoms with Gasteiger partial charge in [-0.05, 0) is 19.1 Å². The van der Waals surface area contributed by atoms with Gasteiger partial charge in [0.1, 0.15) is 0 Å². The van der Waals surface area contributed by atoms with Crippen LogP contribution in [0.15, 0.2) is 18.2 Å². The van der Waals surface area contributed by atoms with Crippen molar-refractivity contribution in [2.45, 2.75) is 19.8 Å². The Labute approximate surface area is 114 Å². The molecule has 0 amide bonds. The Balaban J connectivity index is 3.23. The zero-order valence-corrected chi connectivity index (χ0v) is 11.0. The summed E-state index contributed by atoms with van der Waals surface area (Å²) in [5, 5.41) is 19.7. The molecule has 1 atom stereocenters. The summed E-state index contributed by atoms with van der Waals surface area (Å²) in [6, 6.07) is 5.49. The van der Waals surface area contributed by atoms with Gasteiger partial charge in [-0.3, -0.25) is 14.9 Å². The molecule has 0 aliphatic heterocycles. The summed E-state index contributed by atoms with van der Waals surface area (Å²) in [7, 11) is 0. The van der Waals surface area contributed by atoms with Crippen molar-refractivity contribution in [1.29, 1.82) is 5.26 Å². The Morgan fingerprint density at radius 2 is 2.15 bits per heavy atom. The molecule has 104 valence electrons. The molecule has 0 spiro atoms. The number of carbonyl (C=O) groups is 2. The number of Topliss-reactive ketones (excluding diaryl/α,β-unsaturated/α-hetero) is 1. The van der Waals surface area contributed by atoms with E-state index < -0.39 is 22.6 Å². The molecular formula is C13H12N2O5. The van der Waals surface area contributed by atoms with E-state index in [0.29, 0.717) is 0 Å². The number of nitrogens with zero attached hydrogens (tertiary/aromatic N) is 2. The fraction of sp³-hybridized carbons (Fsp3) is 0.308. The number of nitriles is 1. The first kappa shape index (κ1) is 15.3. The van der Waals surface area contributed by atoms with E-state index in [9.17, 15) is 19.7 Å². The first-order valence-corrected chi connectivity index (χ1v) is 5.81. The van der Waals surface area contributed by atoms with Crippen LogP contribution in [-0.2, 0) is 14.3 Å². The summed E-state index contributed by atoms with van der Waals surface area (Å²) >= 11 is 0. The van der Waals surface area contributed by atoms with Crippen molar-refractivity contribution in [2.24, 2.45) is 0 Å². The number of rotatable bonds is 5. The minimum Gasteiger partial charge on any atom is -0.460 e. The summed E-state index contributed by atoms with van der Waals surface area (Å²) in [5.41, 5.74) is -0.115. The van der Waals surface area contributed by atoms with Crippen molar-refractivity contribution in [3.63, 3.8) is 0 Å². The summed E-state index contributed by atoms with van der Waals surface area (Å²) in [5.74, 6) is -2.98. The normalized spacial score (nSPS) is 11.2. The summed E-state index contributed by atoms with van der Waals surface area (Å²) < 4.78 is 4.58. The lowest BCUT2D eigenvalue weighted by Crippen LogP contribution is -2.23. The van der Waals surface area contributed by atoms with Crippen LogP contribution in [0, 0.1) is 21.4 Å². The van der Waals surface area contributed by atoms with Gasteiger partial charge in [0.25, 0.3) is 5.69 Å². The van der Waals surface area contributed by atoms with Crippen molar-refractivity contribution in [2.75, 3.05) is 6.61 Å². The number of ether oxygens (including phenoxy) is 1. The molecule has 0 saturated heterocycles. The highest BCUT2D eigenvalue weighted by atomic mass is 16.6. The maximum absolute atomic E-state index is 11.8. The average Bonchev–Trinajstić information content (AvgIpc) is 2.45. The second-order valence-electron chi connectivity index (χ2n) is 3.95. The van der Waals surface area contributed by atoms with Gasteiger partial charge in [0.2, 0.25) is 5.78 Å².